The molecule has 0 saturated carbocycles. The molecule has 2 heterocycles. The fourth-order valence-corrected chi connectivity index (χ4v) is 3.92. The molecule has 2 amide bonds. The van der Waals surface area contributed by atoms with Gasteiger partial charge in [0, 0.05) is 5.56 Å². The van der Waals surface area contributed by atoms with Crippen LogP contribution < -0.4 is 9.64 Å². The predicted octanol–water partition coefficient (Wildman–Crippen LogP) is 4.60. The fraction of sp³-hybridized carbons (Fsp3) is 0.148. The van der Waals surface area contributed by atoms with Crippen LogP contribution in [0.3, 0.4) is 0 Å². The highest BCUT2D eigenvalue weighted by atomic mass is 16.6. The molecule has 9 nitrogen and oxygen atoms in total. The third-order valence-corrected chi connectivity index (χ3v) is 5.71. The Bertz CT molecular complexity index is 1480. The number of esters is 1. The van der Waals surface area contributed by atoms with Crippen LogP contribution >= 0.6 is 0 Å². The first-order valence-electron chi connectivity index (χ1n) is 11.3. The van der Waals surface area contributed by atoms with Gasteiger partial charge in [-0.25, -0.2) is 9.69 Å². The van der Waals surface area contributed by atoms with Crippen molar-refractivity contribution in [2.45, 2.75) is 20.5 Å². The lowest BCUT2D eigenvalue weighted by atomic mass is 10.1. The van der Waals surface area contributed by atoms with Crippen molar-refractivity contribution in [2.24, 2.45) is 0 Å². The van der Waals surface area contributed by atoms with Crippen molar-refractivity contribution in [1.82, 2.24) is 10.1 Å². The van der Waals surface area contributed by atoms with Crippen LogP contribution in [0.1, 0.15) is 49.5 Å². The Morgan fingerprint density at radius 1 is 0.944 bits per heavy atom. The summed E-state index contributed by atoms with van der Waals surface area (Å²) >= 11 is 0. The highest BCUT2D eigenvalue weighted by Gasteiger charge is 2.37. The normalized spacial score (nSPS) is 12.6. The zero-order valence-electron chi connectivity index (χ0n) is 19.6. The van der Waals surface area contributed by atoms with Crippen LogP contribution in [0.2, 0.25) is 0 Å². The van der Waals surface area contributed by atoms with Gasteiger partial charge in [-0.1, -0.05) is 29.4 Å². The van der Waals surface area contributed by atoms with E-state index in [1.54, 1.807) is 24.3 Å². The quantitative estimate of drug-likeness (QED) is 0.277. The number of ether oxygens (including phenoxy) is 2. The van der Waals surface area contributed by atoms with Gasteiger partial charge in [-0.05, 0) is 61.9 Å². The minimum Gasteiger partial charge on any atom is -0.494 e. The lowest BCUT2D eigenvalue weighted by Crippen LogP contribution is -2.29. The third-order valence-electron chi connectivity index (χ3n) is 5.71. The summed E-state index contributed by atoms with van der Waals surface area (Å²) in [5.74, 6) is -0.503. The highest BCUT2D eigenvalue weighted by molar-refractivity contribution is 6.34. The number of carbonyl (C=O) groups excluding carboxylic acids is 3. The number of hydrogen-bond acceptors (Lipinski definition) is 8. The van der Waals surface area contributed by atoms with Crippen molar-refractivity contribution in [3.8, 4) is 17.1 Å². The maximum Gasteiger partial charge on any atom is 0.338 e. The van der Waals surface area contributed by atoms with E-state index in [-0.39, 0.29) is 29.2 Å². The topological polar surface area (TPSA) is 112 Å². The summed E-state index contributed by atoms with van der Waals surface area (Å²) in [6.45, 7) is 4.07. The Morgan fingerprint density at radius 2 is 1.69 bits per heavy atom. The molecule has 0 atom stereocenters. The second kappa shape index (κ2) is 9.46. The first-order chi connectivity index (χ1) is 17.5. The molecular formula is C27H21N3O6. The van der Waals surface area contributed by atoms with Crippen LogP contribution in [-0.4, -0.2) is 34.5 Å². The monoisotopic (exact) mass is 483 g/mol. The maximum absolute atomic E-state index is 13.0. The molecule has 0 aliphatic carbocycles. The average molecular weight is 483 g/mol. The van der Waals surface area contributed by atoms with E-state index in [1.165, 1.54) is 18.2 Å². The molecule has 4 aromatic rings. The van der Waals surface area contributed by atoms with Gasteiger partial charge in [0.15, 0.2) is 6.61 Å². The van der Waals surface area contributed by atoms with E-state index < -0.39 is 17.8 Å². The number of aryl methyl sites for hydroxylation is 1. The summed E-state index contributed by atoms with van der Waals surface area (Å²) in [5, 5.41) is 3.94. The first-order valence-corrected chi connectivity index (χ1v) is 11.3. The maximum atomic E-state index is 13.0. The molecule has 0 bridgehead atoms. The number of aromatic nitrogens is 2. The minimum absolute atomic E-state index is 0.127. The van der Waals surface area contributed by atoms with Crippen molar-refractivity contribution in [3.63, 3.8) is 0 Å². The molecule has 0 spiro atoms. The van der Waals surface area contributed by atoms with Gasteiger partial charge in [-0.3, -0.25) is 9.59 Å². The van der Waals surface area contributed by atoms with Crippen molar-refractivity contribution in [3.05, 3.63) is 94.9 Å². The van der Waals surface area contributed by atoms with Crippen LogP contribution in [0.4, 0.5) is 5.69 Å². The van der Waals surface area contributed by atoms with Crippen LogP contribution in [-0.2, 0) is 11.3 Å². The van der Waals surface area contributed by atoms with Gasteiger partial charge < -0.3 is 14.0 Å². The summed E-state index contributed by atoms with van der Waals surface area (Å²) in [7, 11) is 0. The molecule has 1 aliphatic heterocycles. The van der Waals surface area contributed by atoms with Crippen LogP contribution in [0.25, 0.3) is 11.4 Å². The molecule has 36 heavy (non-hydrogen) atoms. The SMILES string of the molecule is CCOc1ccc(N2C(=O)c3ccc(C(=O)OCc4nc(-c5ccccc5C)no4)cc3C2=O)cc1. The van der Waals surface area contributed by atoms with E-state index in [2.05, 4.69) is 10.1 Å². The molecule has 5 rings (SSSR count). The molecule has 180 valence electrons. The summed E-state index contributed by atoms with van der Waals surface area (Å²) in [4.78, 5) is 43.9. The Labute approximate surface area is 206 Å². The smallest absolute Gasteiger partial charge is 0.338 e. The van der Waals surface area contributed by atoms with Crippen molar-refractivity contribution in [1.29, 1.82) is 0 Å². The zero-order chi connectivity index (χ0) is 25.2. The fourth-order valence-electron chi connectivity index (χ4n) is 3.92. The second-order valence-electron chi connectivity index (χ2n) is 8.04. The van der Waals surface area contributed by atoms with Crippen LogP contribution in [0, 0.1) is 6.92 Å². The largest absolute Gasteiger partial charge is 0.494 e. The van der Waals surface area contributed by atoms with E-state index >= 15 is 0 Å². The lowest BCUT2D eigenvalue weighted by molar-refractivity contribution is 0.0429. The highest BCUT2D eigenvalue weighted by Crippen LogP contribution is 2.30. The number of fused-ring (bicyclic) bond motifs is 1. The van der Waals surface area contributed by atoms with Gasteiger partial charge in [0.05, 0.1) is 29.0 Å². The molecule has 0 unspecified atom stereocenters. The number of hydrogen-bond donors (Lipinski definition) is 0. The van der Waals surface area contributed by atoms with Crippen LogP contribution in [0.15, 0.2) is 71.3 Å². The number of carbonyl (C=O) groups is 3. The van der Waals surface area contributed by atoms with Crippen molar-refractivity contribution >= 4 is 23.5 Å². The number of nitrogens with zero attached hydrogens (tertiary/aromatic N) is 3. The standard InChI is InChI=1S/C27H21N3O6/c1-3-34-19-11-9-18(10-12-19)30-25(31)21-13-8-17(14-22(21)26(30)32)27(33)35-15-23-28-24(29-36-23)20-7-5-4-6-16(20)2/h4-14H,3,15H2,1-2H3. The second-order valence-corrected chi connectivity index (χ2v) is 8.04. The van der Waals surface area contributed by atoms with Gasteiger partial charge in [0.25, 0.3) is 17.7 Å². The zero-order valence-corrected chi connectivity index (χ0v) is 19.6. The van der Waals surface area contributed by atoms with Gasteiger partial charge in [0.1, 0.15) is 5.75 Å². The summed E-state index contributed by atoms with van der Waals surface area (Å²) in [5.41, 5.74) is 2.68. The number of amides is 2. The van der Waals surface area contributed by atoms with E-state index in [1.807, 2.05) is 38.1 Å². The Kier molecular flexibility index (Phi) is 6.03. The summed E-state index contributed by atoms with van der Waals surface area (Å²) < 4.78 is 15.9. The summed E-state index contributed by atoms with van der Waals surface area (Å²) in [6, 6.07) is 18.5. The Morgan fingerprint density at radius 3 is 2.44 bits per heavy atom. The molecule has 0 saturated heterocycles. The first kappa shape index (κ1) is 23.0. The third kappa shape index (κ3) is 4.22. The van der Waals surface area contributed by atoms with Crippen molar-refractivity contribution < 1.29 is 28.4 Å². The molecule has 0 N–H and O–H groups in total. The van der Waals surface area contributed by atoms with Gasteiger partial charge in [-0.15, -0.1) is 0 Å². The number of anilines is 1. The molecule has 9 heteroatoms. The predicted molar refractivity (Wildman–Crippen MR) is 129 cm³/mol. The Balaban J connectivity index is 1.29. The van der Waals surface area contributed by atoms with E-state index in [0.29, 0.717) is 23.9 Å². The molecule has 0 radical (unpaired) electrons. The Hall–Kier alpha value is -4.79. The molecular weight excluding hydrogens is 462 g/mol. The number of benzene rings is 3. The van der Waals surface area contributed by atoms with Gasteiger partial charge in [-0.2, -0.15) is 4.98 Å². The molecule has 1 aliphatic rings. The van der Waals surface area contributed by atoms with Gasteiger partial charge >= 0.3 is 5.97 Å². The van der Waals surface area contributed by atoms with E-state index in [4.69, 9.17) is 14.0 Å². The molecule has 0 fully saturated rings. The summed E-state index contributed by atoms with van der Waals surface area (Å²) in [6.07, 6.45) is 0. The molecule has 3 aromatic carbocycles. The number of rotatable bonds is 7. The minimum atomic E-state index is -0.687. The van der Waals surface area contributed by atoms with E-state index in [9.17, 15) is 14.4 Å². The van der Waals surface area contributed by atoms with E-state index in [0.717, 1.165) is 16.0 Å². The van der Waals surface area contributed by atoms with Crippen LogP contribution in [0.5, 0.6) is 5.75 Å². The molecule has 1 aromatic heterocycles. The van der Waals surface area contributed by atoms with Gasteiger partial charge in [0.2, 0.25) is 5.82 Å². The lowest BCUT2D eigenvalue weighted by Gasteiger charge is -2.14. The van der Waals surface area contributed by atoms with Crippen molar-refractivity contribution in [2.75, 3.05) is 11.5 Å². The number of imide groups is 1. The average Bonchev–Trinajstić information content (AvgIpc) is 3.46.